The molecule has 1 aromatic heterocycles. The van der Waals surface area contributed by atoms with Crippen LogP contribution in [-0.4, -0.2) is 16.8 Å². The van der Waals surface area contributed by atoms with Crippen molar-refractivity contribution in [2.75, 3.05) is 0 Å². The first-order valence-corrected chi connectivity index (χ1v) is 6.16. The summed E-state index contributed by atoms with van der Waals surface area (Å²) in [4.78, 5) is 27.6. The highest BCUT2D eigenvalue weighted by molar-refractivity contribution is 5.99. The molecule has 5 nitrogen and oxygen atoms in total. The van der Waals surface area contributed by atoms with E-state index in [0.29, 0.717) is 11.1 Å². The number of nitrogens with one attached hydrogen (secondary N) is 2. The Balaban J connectivity index is 0.00000220. The van der Waals surface area contributed by atoms with Crippen molar-refractivity contribution in [3.63, 3.8) is 0 Å². The summed E-state index contributed by atoms with van der Waals surface area (Å²) in [6.45, 7) is 3.81. The minimum Gasteiger partial charge on any atom is -0.267 e. The van der Waals surface area contributed by atoms with Crippen molar-refractivity contribution >= 4 is 24.2 Å². The fourth-order valence-electron chi connectivity index (χ4n) is 1.82. The molecule has 2 amide bonds. The quantitative estimate of drug-likeness (QED) is 0.836. The Labute approximate surface area is 129 Å². The summed E-state index contributed by atoms with van der Waals surface area (Å²) in [7, 11) is 0. The van der Waals surface area contributed by atoms with Gasteiger partial charge < -0.3 is 0 Å². The SMILES string of the molecule is Cc1ccc(C(=O)NNC(=O)c2ccncc2)c(C)c1.Cl. The van der Waals surface area contributed by atoms with Gasteiger partial charge in [0.15, 0.2) is 0 Å². The number of aryl methyl sites for hydroxylation is 2. The third-order valence-corrected chi connectivity index (χ3v) is 2.86. The maximum absolute atomic E-state index is 12.0. The number of pyridine rings is 1. The Kier molecular flexibility index (Phi) is 5.87. The molecule has 0 aliphatic rings. The summed E-state index contributed by atoms with van der Waals surface area (Å²) in [6.07, 6.45) is 3.03. The molecule has 0 aliphatic heterocycles. The highest BCUT2D eigenvalue weighted by Crippen LogP contribution is 2.09. The van der Waals surface area contributed by atoms with Crippen molar-refractivity contribution in [2.24, 2.45) is 0 Å². The molecule has 2 aromatic rings. The van der Waals surface area contributed by atoms with E-state index < -0.39 is 0 Å². The molecular formula is C15H16ClN3O2. The number of amides is 2. The fraction of sp³-hybridized carbons (Fsp3) is 0.133. The molecule has 0 saturated carbocycles. The Bertz CT molecular complexity index is 645. The van der Waals surface area contributed by atoms with Crippen molar-refractivity contribution in [3.8, 4) is 0 Å². The summed E-state index contributed by atoms with van der Waals surface area (Å²) < 4.78 is 0. The maximum Gasteiger partial charge on any atom is 0.269 e. The van der Waals surface area contributed by atoms with E-state index in [9.17, 15) is 9.59 Å². The molecule has 21 heavy (non-hydrogen) atoms. The molecule has 0 aliphatic carbocycles. The second-order valence-electron chi connectivity index (χ2n) is 4.46. The number of halogens is 1. The Morgan fingerprint density at radius 2 is 1.57 bits per heavy atom. The highest BCUT2D eigenvalue weighted by atomic mass is 35.5. The van der Waals surface area contributed by atoms with Crippen LogP contribution in [0.3, 0.4) is 0 Å². The zero-order chi connectivity index (χ0) is 14.5. The van der Waals surface area contributed by atoms with Gasteiger partial charge in [0.25, 0.3) is 11.8 Å². The molecule has 1 aromatic carbocycles. The standard InChI is InChI=1S/C15H15N3O2.ClH/c1-10-3-4-13(11(2)9-10)15(20)18-17-14(19)12-5-7-16-8-6-12;/h3-9H,1-2H3,(H,17,19)(H,18,20);1H. The monoisotopic (exact) mass is 305 g/mol. The fourth-order valence-corrected chi connectivity index (χ4v) is 1.82. The molecular weight excluding hydrogens is 290 g/mol. The van der Waals surface area contributed by atoms with Crippen molar-refractivity contribution in [2.45, 2.75) is 13.8 Å². The maximum atomic E-state index is 12.0. The summed E-state index contributed by atoms with van der Waals surface area (Å²) in [6, 6.07) is 8.64. The van der Waals surface area contributed by atoms with Gasteiger partial charge in [-0.15, -0.1) is 12.4 Å². The molecule has 110 valence electrons. The van der Waals surface area contributed by atoms with Crippen LogP contribution in [0.5, 0.6) is 0 Å². The number of aromatic nitrogens is 1. The largest absolute Gasteiger partial charge is 0.269 e. The molecule has 2 N–H and O–H groups in total. The lowest BCUT2D eigenvalue weighted by Crippen LogP contribution is -2.41. The summed E-state index contributed by atoms with van der Waals surface area (Å²) >= 11 is 0. The third-order valence-electron chi connectivity index (χ3n) is 2.86. The Hall–Kier alpha value is -2.40. The number of rotatable bonds is 2. The first-order valence-electron chi connectivity index (χ1n) is 6.16. The van der Waals surface area contributed by atoms with Crippen LogP contribution in [0.15, 0.2) is 42.7 Å². The second kappa shape index (κ2) is 7.40. The summed E-state index contributed by atoms with van der Waals surface area (Å²) in [5, 5.41) is 0. The minimum absolute atomic E-state index is 0. The topological polar surface area (TPSA) is 71.1 Å². The average molecular weight is 306 g/mol. The van der Waals surface area contributed by atoms with Gasteiger partial charge in [0.05, 0.1) is 0 Å². The van der Waals surface area contributed by atoms with Gasteiger partial charge in [-0.1, -0.05) is 17.7 Å². The number of hydrogen-bond acceptors (Lipinski definition) is 3. The Morgan fingerprint density at radius 3 is 2.19 bits per heavy atom. The number of carbonyl (C=O) groups excluding carboxylic acids is 2. The van der Waals surface area contributed by atoms with Gasteiger partial charge >= 0.3 is 0 Å². The van der Waals surface area contributed by atoms with Gasteiger partial charge in [-0.2, -0.15) is 0 Å². The van der Waals surface area contributed by atoms with Crippen LogP contribution in [0.25, 0.3) is 0 Å². The van der Waals surface area contributed by atoms with Gasteiger partial charge in [0.1, 0.15) is 0 Å². The van der Waals surface area contributed by atoms with E-state index in [0.717, 1.165) is 11.1 Å². The van der Waals surface area contributed by atoms with Gasteiger partial charge in [0, 0.05) is 23.5 Å². The van der Waals surface area contributed by atoms with Crippen LogP contribution in [0.1, 0.15) is 31.8 Å². The molecule has 6 heteroatoms. The van der Waals surface area contributed by atoms with Gasteiger partial charge in [-0.05, 0) is 37.6 Å². The normalized spacial score (nSPS) is 9.43. The summed E-state index contributed by atoms with van der Waals surface area (Å²) in [5.41, 5.74) is 7.68. The smallest absolute Gasteiger partial charge is 0.267 e. The van der Waals surface area contributed by atoms with Crippen molar-refractivity contribution < 1.29 is 9.59 Å². The number of carbonyl (C=O) groups is 2. The lowest BCUT2D eigenvalue weighted by atomic mass is 10.1. The van der Waals surface area contributed by atoms with Crippen LogP contribution in [0, 0.1) is 13.8 Å². The molecule has 0 bridgehead atoms. The van der Waals surface area contributed by atoms with Gasteiger partial charge in [-0.3, -0.25) is 25.4 Å². The van der Waals surface area contributed by atoms with Crippen LogP contribution in [0.4, 0.5) is 0 Å². The number of hydrogen-bond donors (Lipinski definition) is 2. The van der Waals surface area contributed by atoms with Gasteiger partial charge in [0.2, 0.25) is 0 Å². The predicted molar refractivity (Wildman–Crippen MR) is 82.3 cm³/mol. The van der Waals surface area contributed by atoms with E-state index in [1.165, 1.54) is 12.4 Å². The highest BCUT2D eigenvalue weighted by Gasteiger charge is 2.10. The first kappa shape index (κ1) is 16.7. The molecule has 0 saturated heterocycles. The zero-order valence-corrected chi connectivity index (χ0v) is 12.5. The lowest BCUT2D eigenvalue weighted by molar-refractivity contribution is 0.0846. The van der Waals surface area contributed by atoms with E-state index >= 15 is 0 Å². The molecule has 0 atom stereocenters. The van der Waals surface area contributed by atoms with Crippen molar-refractivity contribution in [1.82, 2.24) is 15.8 Å². The average Bonchev–Trinajstić information content (AvgIpc) is 2.45. The van der Waals surface area contributed by atoms with Crippen LogP contribution >= 0.6 is 12.4 Å². The zero-order valence-electron chi connectivity index (χ0n) is 11.7. The molecule has 1 heterocycles. The molecule has 0 fully saturated rings. The van der Waals surface area contributed by atoms with E-state index in [-0.39, 0.29) is 24.2 Å². The predicted octanol–water partition coefficient (Wildman–Crippen LogP) is 2.20. The molecule has 2 rings (SSSR count). The molecule has 0 radical (unpaired) electrons. The Morgan fingerprint density at radius 1 is 0.952 bits per heavy atom. The summed E-state index contributed by atoms with van der Waals surface area (Å²) in [5.74, 6) is -0.726. The lowest BCUT2D eigenvalue weighted by Gasteiger charge is -2.09. The first-order chi connectivity index (χ1) is 9.58. The molecule has 0 spiro atoms. The van der Waals surface area contributed by atoms with E-state index in [2.05, 4.69) is 15.8 Å². The van der Waals surface area contributed by atoms with Crippen LogP contribution < -0.4 is 10.9 Å². The van der Waals surface area contributed by atoms with Crippen molar-refractivity contribution in [1.29, 1.82) is 0 Å². The van der Waals surface area contributed by atoms with Gasteiger partial charge in [-0.25, -0.2) is 0 Å². The number of nitrogens with zero attached hydrogens (tertiary/aromatic N) is 1. The molecule has 0 unspecified atom stereocenters. The minimum atomic E-state index is -0.384. The second-order valence-corrected chi connectivity index (χ2v) is 4.46. The van der Waals surface area contributed by atoms with E-state index in [1.807, 2.05) is 26.0 Å². The van der Waals surface area contributed by atoms with E-state index in [1.54, 1.807) is 18.2 Å². The van der Waals surface area contributed by atoms with Crippen molar-refractivity contribution in [3.05, 3.63) is 65.0 Å². The van der Waals surface area contributed by atoms with Crippen LogP contribution in [-0.2, 0) is 0 Å². The third kappa shape index (κ3) is 4.29. The van der Waals surface area contributed by atoms with E-state index in [4.69, 9.17) is 0 Å². The van der Waals surface area contributed by atoms with Crippen LogP contribution in [0.2, 0.25) is 0 Å². The number of benzene rings is 1. The number of hydrazine groups is 1.